The molecular weight excluding hydrogens is 352 g/mol. The van der Waals surface area contributed by atoms with E-state index in [-0.39, 0.29) is 23.2 Å². The lowest BCUT2D eigenvalue weighted by Crippen LogP contribution is -2.41. The number of hydrogen-bond donors (Lipinski definition) is 2. The highest BCUT2D eigenvalue weighted by molar-refractivity contribution is 6.30. The van der Waals surface area contributed by atoms with Crippen LogP contribution in [0.3, 0.4) is 0 Å². The molecule has 6 nitrogen and oxygen atoms in total. The third kappa shape index (κ3) is 4.07. The molecule has 1 aromatic carbocycles. The van der Waals surface area contributed by atoms with Gasteiger partial charge >= 0.3 is 0 Å². The average molecular weight is 375 g/mol. The van der Waals surface area contributed by atoms with Crippen molar-refractivity contribution >= 4 is 29.1 Å². The van der Waals surface area contributed by atoms with Gasteiger partial charge in [0.1, 0.15) is 5.69 Å². The first kappa shape index (κ1) is 18.5. The minimum atomic E-state index is -0.367. The maximum atomic E-state index is 12.7. The molecule has 2 heterocycles. The van der Waals surface area contributed by atoms with Gasteiger partial charge in [-0.05, 0) is 64.3 Å². The maximum absolute atomic E-state index is 12.7. The highest BCUT2D eigenvalue weighted by Crippen LogP contribution is 2.23. The number of nitrogens with one attached hydrogen (secondary N) is 2. The molecule has 0 bridgehead atoms. The molecular formula is C19H23ClN4O2. The Labute approximate surface area is 157 Å². The van der Waals surface area contributed by atoms with Crippen molar-refractivity contribution in [2.45, 2.75) is 52.1 Å². The first-order chi connectivity index (χ1) is 12.2. The number of aromatic nitrogens is 2. The molecule has 2 N–H and O–H groups in total. The van der Waals surface area contributed by atoms with Gasteiger partial charge in [0.2, 0.25) is 0 Å². The van der Waals surface area contributed by atoms with Crippen LogP contribution in [0.15, 0.2) is 24.3 Å². The van der Waals surface area contributed by atoms with Crippen LogP contribution < -0.4 is 10.6 Å². The molecule has 0 fully saturated rings. The number of carbonyl (C=O) groups excluding carboxylic acids is 2. The number of rotatable bonds is 3. The van der Waals surface area contributed by atoms with Gasteiger partial charge < -0.3 is 15.2 Å². The molecule has 1 aliphatic heterocycles. The van der Waals surface area contributed by atoms with E-state index in [1.807, 2.05) is 25.3 Å². The SMILES string of the molecule is CC(C)(C)NC(=O)c1nc(C(=O)Nc2ccc(Cl)cc2)n2c1CCCC2. The minimum Gasteiger partial charge on any atom is -0.346 e. The van der Waals surface area contributed by atoms with Crippen molar-refractivity contribution in [1.29, 1.82) is 0 Å². The van der Waals surface area contributed by atoms with E-state index in [1.54, 1.807) is 24.3 Å². The summed E-state index contributed by atoms with van der Waals surface area (Å²) in [6.45, 7) is 6.44. The predicted octanol–water partition coefficient (Wildman–Crippen LogP) is 3.65. The number of amides is 2. The lowest BCUT2D eigenvalue weighted by molar-refractivity contribution is 0.0913. The van der Waals surface area contributed by atoms with Gasteiger partial charge in [-0.15, -0.1) is 0 Å². The quantitative estimate of drug-likeness (QED) is 0.860. The second kappa shape index (κ2) is 7.11. The number of nitrogens with zero attached hydrogens (tertiary/aromatic N) is 2. The van der Waals surface area contributed by atoms with Gasteiger partial charge in [-0.25, -0.2) is 4.98 Å². The Balaban J connectivity index is 1.90. The van der Waals surface area contributed by atoms with Crippen LogP contribution in [0, 0.1) is 0 Å². The van der Waals surface area contributed by atoms with Crippen molar-refractivity contribution in [3.05, 3.63) is 46.5 Å². The van der Waals surface area contributed by atoms with Crippen LogP contribution >= 0.6 is 11.6 Å². The van der Waals surface area contributed by atoms with Crippen LogP contribution in [0.5, 0.6) is 0 Å². The molecule has 0 unspecified atom stereocenters. The van der Waals surface area contributed by atoms with Crippen molar-refractivity contribution in [1.82, 2.24) is 14.9 Å². The zero-order chi connectivity index (χ0) is 18.9. The summed E-state index contributed by atoms with van der Waals surface area (Å²) in [5.41, 5.74) is 1.45. The smallest absolute Gasteiger partial charge is 0.291 e. The Hall–Kier alpha value is -2.34. The van der Waals surface area contributed by atoms with E-state index in [0.29, 0.717) is 22.9 Å². The molecule has 7 heteroatoms. The normalized spacial score (nSPS) is 13.8. The summed E-state index contributed by atoms with van der Waals surface area (Å²) in [7, 11) is 0. The Morgan fingerprint density at radius 2 is 1.81 bits per heavy atom. The minimum absolute atomic E-state index is 0.242. The molecule has 0 radical (unpaired) electrons. The number of anilines is 1. The number of halogens is 1. The van der Waals surface area contributed by atoms with E-state index >= 15 is 0 Å². The molecule has 138 valence electrons. The summed E-state index contributed by atoms with van der Waals surface area (Å²) >= 11 is 5.88. The second-order valence-electron chi connectivity index (χ2n) is 7.50. The lowest BCUT2D eigenvalue weighted by atomic mass is 10.1. The summed E-state index contributed by atoms with van der Waals surface area (Å²) in [5, 5.41) is 6.36. The molecule has 0 atom stereocenters. The number of imidazole rings is 1. The van der Waals surface area contributed by atoms with E-state index in [0.717, 1.165) is 25.0 Å². The number of benzene rings is 1. The van der Waals surface area contributed by atoms with E-state index in [1.165, 1.54) is 0 Å². The zero-order valence-electron chi connectivity index (χ0n) is 15.2. The molecule has 0 spiro atoms. The summed E-state index contributed by atoms with van der Waals surface area (Å²) in [6.07, 6.45) is 2.69. The third-order valence-electron chi connectivity index (χ3n) is 4.13. The monoisotopic (exact) mass is 374 g/mol. The summed E-state index contributed by atoms with van der Waals surface area (Å²) in [5.74, 6) is -0.298. The zero-order valence-corrected chi connectivity index (χ0v) is 16.0. The Kier molecular flexibility index (Phi) is 5.05. The van der Waals surface area contributed by atoms with Gasteiger partial charge in [0.15, 0.2) is 5.82 Å². The Bertz CT molecular complexity index is 834. The molecule has 3 rings (SSSR count). The fourth-order valence-electron chi connectivity index (χ4n) is 3.02. The van der Waals surface area contributed by atoms with Crippen molar-refractivity contribution in [2.24, 2.45) is 0 Å². The third-order valence-corrected chi connectivity index (χ3v) is 4.38. The van der Waals surface area contributed by atoms with Gasteiger partial charge in [-0.1, -0.05) is 11.6 Å². The second-order valence-corrected chi connectivity index (χ2v) is 7.94. The van der Waals surface area contributed by atoms with Crippen molar-refractivity contribution < 1.29 is 9.59 Å². The van der Waals surface area contributed by atoms with Gasteiger partial charge in [-0.3, -0.25) is 9.59 Å². The summed E-state index contributed by atoms with van der Waals surface area (Å²) in [6, 6.07) is 6.88. The fourth-order valence-corrected chi connectivity index (χ4v) is 3.14. The molecule has 2 aromatic rings. The number of fused-ring (bicyclic) bond motifs is 1. The highest BCUT2D eigenvalue weighted by Gasteiger charge is 2.29. The number of carbonyl (C=O) groups is 2. The summed E-state index contributed by atoms with van der Waals surface area (Å²) < 4.78 is 1.87. The molecule has 0 saturated carbocycles. The van der Waals surface area contributed by atoms with Crippen molar-refractivity contribution in [2.75, 3.05) is 5.32 Å². The largest absolute Gasteiger partial charge is 0.346 e. The highest BCUT2D eigenvalue weighted by atomic mass is 35.5. The standard InChI is InChI=1S/C19H23ClN4O2/c1-19(2,3)23-17(25)15-14-6-4-5-11-24(14)16(22-15)18(26)21-13-9-7-12(20)8-10-13/h7-10H,4-6,11H2,1-3H3,(H,21,26)(H,23,25). The van der Waals surface area contributed by atoms with Crippen molar-refractivity contribution in [3.63, 3.8) is 0 Å². The van der Waals surface area contributed by atoms with Crippen LogP contribution in [-0.2, 0) is 13.0 Å². The van der Waals surface area contributed by atoms with Gasteiger partial charge in [0.25, 0.3) is 11.8 Å². The van der Waals surface area contributed by atoms with Crippen LogP contribution in [0.1, 0.15) is 60.4 Å². The van der Waals surface area contributed by atoms with Crippen LogP contribution in [0.25, 0.3) is 0 Å². The van der Waals surface area contributed by atoms with Crippen LogP contribution in [0.2, 0.25) is 5.02 Å². The van der Waals surface area contributed by atoms with E-state index in [9.17, 15) is 9.59 Å². The predicted molar refractivity (Wildman–Crippen MR) is 102 cm³/mol. The van der Waals surface area contributed by atoms with E-state index in [2.05, 4.69) is 15.6 Å². The van der Waals surface area contributed by atoms with Crippen molar-refractivity contribution in [3.8, 4) is 0 Å². The molecule has 0 aliphatic carbocycles. The van der Waals surface area contributed by atoms with E-state index in [4.69, 9.17) is 11.6 Å². The Morgan fingerprint density at radius 1 is 1.12 bits per heavy atom. The molecule has 1 aliphatic rings. The van der Waals surface area contributed by atoms with Gasteiger partial charge in [-0.2, -0.15) is 0 Å². The number of hydrogen-bond acceptors (Lipinski definition) is 3. The molecule has 1 aromatic heterocycles. The van der Waals surface area contributed by atoms with E-state index < -0.39 is 0 Å². The average Bonchev–Trinajstić information content (AvgIpc) is 2.95. The lowest BCUT2D eigenvalue weighted by Gasteiger charge is -2.21. The van der Waals surface area contributed by atoms with Crippen LogP contribution in [0.4, 0.5) is 5.69 Å². The van der Waals surface area contributed by atoms with Gasteiger partial charge in [0, 0.05) is 22.8 Å². The Morgan fingerprint density at radius 3 is 2.46 bits per heavy atom. The maximum Gasteiger partial charge on any atom is 0.291 e. The molecule has 26 heavy (non-hydrogen) atoms. The molecule has 0 saturated heterocycles. The first-order valence-electron chi connectivity index (χ1n) is 8.73. The van der Waals surface area contributed by atoms with Crippen LogP contribution in [-0.4, -0.2) is 26.9 Å². The first-order valence-corrected chi connectivity index (χ1v) is 9.11. The summed E-state index contributed by atoms with van der Waals surface area (Å²) in [4.78, 5) is 29.8. The topological polar surface area (TPSA) is 76.0 Å². The van der Waals surface area contributed by atoms with Gasteiger partial charge in [0.05, 0.1) is 5.69 Å². The fraction of sp³-hybridized carbons (Fsp3) is 0.421. The molecule has 2 amide bonds.